The van der Waals surface area contributed by atoms with Gasteiger partial charge in [-0.25, -0.2) is 4.98 Å². The molecule has 3 nitrogen and oxygen atoms in total. The lowest BCUT2D eigenvalue weighted by molar-refractivity contribution is 0.737. The first kappa shape index (κ1) is 8.59. The van der Waals surface area contributed by atoms with Crippen molar-refractivity contribution >= 4 is 11.8 Å². The fourth-order valence-corrected chi connectivity index (χ4v) is 1.62. The Hall–Kier alpha value is -0.510. The van der Waals surface area contributed by atoms with E-state index in [-0.39, 0.29) is 0 Å². The summed E-state index contributed by atoms with van der Waals surface area (Å²) in [5, 5.41) is 5.04. The number of aryl methyl sites for hydroxylation is 1. The minimum Gasteiger partial charge on any atom is -0.255 e. The molecule has 4 heteroatoms. The summed E-state index contributed by atoms with van der Waals surface area (Å²) in [6.45, 7) is 2.19. The Balaban J connectivity index is 2.27. The molecule has 1 aromatic rings. The second-order valence-electron chi connectivity index (χ2n) is 2.40. The monoisotopic (exact) mass is 171 g/mol. The fourth-order valence-electron chi connectivity index (χ4n) is 0.693. The van der Waals surface area contributed by atoms with Crippen LogP contribution in [-0.2, 0) is 7.05 Å². The third-order valence-electron chi connectivity index (χ3n) is 1.31. The Morgan fingerprint density at radius 3 is 3.00 bits per heavy atom. The van der Waals surface area contributed by atoms with Gasteiger partial charge in [-0.2, -0.15) is 0 Å². The molecule has 62 valence electrons. The second-order valence-corrected chi connectivity index (χ2v) is 3.46. The van der Waals surface area contributed by atoms with Gasteiger partial charge in [0.1, 0.15) is 6.33 Å². The van der Waals surface area contributed by atoms with E-state index < -0.39 is 0 Å². The predicted octanol–water partition coefficient (Wildman–Crippen LogP) is 1.71. The Kier molecular flexibility index (Phi) is 3.42. The Bertz CT molecular complexity index is 209. The molecule has 1 rings (SSSR count). The van der Waals surface area contributed by atoms with E-state index in [4.69, 9.17) is 0 Å². The van der Waals surface area contributed by atoms with Crippen LogP contribution in [0.4, 0.5) is 0 Å². The summed E-state index contributed by atoms with van der Waals surface area (Å²) in [5.41, 5.74) is 0. The number of nitrogens with zero attached hydrogens (tertiary/aromatic N) is 3. The number of rotatable bonds is 4. The van der Waals surface area contributed by atoms with Gasteiger partial charge >= 0.3 is 0 Å². The molecule has 0 amide bonds. The third kappa shape index (κ3) is 2.93. The number of thioether (sulfide) groups is 1. The molecule has 0 radical (unpaired) electrons. The van der Waals surface area contributed by atoms with Crippen LogP contribution < -0.4 is 0 Å². The normalized spacial score (nSPS) is 10.4. The zero-order valence-electron chi connectivity index (χ0n) is 6.95. The van der Waals surface area contributed by atoms with Crippen LogP contribution in [-0.4, -0.2) is 20.5 Å². The maximum absolute atomic E-state index is 4.15. The van der Waals surface area contributed by atoms with E-state index in [1.54, 1.807) is 22.8 Å². The van der Waals surface area contributed by atoms with E-state index in [2.05, 4.69) is 17.0 Å². The Morgan fingerprint density at radius 2 is 2.45 bits per heavy atom. The van der Waals surface area contributed by atoms with Gasteiger partial charge in [0.25, 0.3) is 0 Å². The van der Waals surface area contributed by atoms with Crippen LogP contribution in [0.3, 0.4) is 0 Å². The maximum Gasteiger partial charge on any atom is 0.208 e. The first-order chi connectivity index (χ1) is 5.33. The number of hydrogen-bond donors (Lipinski definition) is 0. The van der Waals surface area contributed by atoms with Crippen molar-refractivity contribution in [2.75, 3.05) is 5.75 Å². The lowest BCUT2D eigenvalue weighted by atomic mass is 10.4. The Labute approximate surface area is 71.2 Å². The molecule has 0 aliphatic heterocycles. The molecule has 1 aromatic heterocycles. The first-order valence-electron chi connectivity index (χ1n) is 3.81. The van der Waals surface area contributed by atoms with Crippen molar-refractivity contribution in [3.8, 4) is 0 Å². The van der Waals surface area contributed by atoms with E-state index in [9.17, 15) is 0 Å². The van der Waals surface area contributed by atoms with E-state index >= 15 is 0 Å². The molecule has 0 unspecified atom stereocenters. The highest BCUT2D eigenvalue weighted by Crippen LogP contribution is 2.12. The molecular formula is C7H13N3S. The number of unbranched alkanes of at least 4 members (excludes halogenated alkanes) is 1. The van der Waals surface area contributed by atoms with Gasteiger partial charge in [-0.15, -0.1) is 5.10 Å². The molecule has 0 N–H and O–H groups in total. The smallest absolute Gasteiger partial charge is 0.208 e. The van der Waals surface area contributed by atoms with Crippen molar-refractivity contribution in [1.82, 2.24) is 14.8 Å². The van der Waals surface area contributed by atoms with Crippen LogP contribution in [0.15, 0.2) is 11.5 Å². The van der Waals surface area contributed by atoms with Crippen LogP contribution in [0.2, 0.25) is 0 Å². The van der Waals surface area contributed by atoms with Gasteiger partial charge < -0.3 is 0 Å². The van der Waals surface area contributed by atoms with Crippen molar-refractivity contribution < 1.29 is 0 Å². The van der Waals surface area contributed by atoms with E-state index in [0.717, 1.165) is 10.9 Å². The van der Waals surface area contributed by atoms with Crippen molar-refractivity contribution in [2.45, 2.75) is 24.9 Å². The van der Waals surface area contributed by atoms with Crippen molar-refractivity contribution in [1.29, 1.82) is 0 Å². The summed E-state index contributed by atoms with van der Waals surface area (Å²) in [5.74, 6) is 1.13. The quantitative estimate of drug-likeness (QED) is 0.510. The summed E-state index contributed by atoms with van der Waals surface area (Å²) >= 11 is 1.72. The SMILES string of the molecule is CCCCSc1ncn(C)n1. The first-order valence-corrected chi connectivity index (χ1v) is 4.80. The largest absolute Gasteiger partial charge is 0.255 e. The molecule has 0 aliphatic rings. The van der Waals surface area contributed by atoms with Gasteiger partial charge in [-0.3, -0.25) is 4.68 Å². The van der Waals surface area contributed by atoms with Gasteiger partial charge in [-0.1, -0.05) is 25.1 Å². The van der Waals surface area contributed by atoms with Gasteiger partial charge in [0.05, 0.1) is 0 Å². The molecule has 0 saturated carbocycles. The summed E-state index contributed by atoms with van der Waals surface area (Å²) < 4.78 is 1.73. The number of aromatic nitrogens is 3. The molecule has 0 spiro atoms. The molecule has 11 heavy (non-hydrogen) atoms. The molecule has 0 aromatic carbocycles. The zero-order valence-corrected chi connectivity index (χ0v) is 7.77. The second kappa shape index (κ2) is 4.38. The zero-order chi connectivity index (χ0) is 8.10. The molecule has 0 bridgehead atoms. The molecule has 0 atom stereocenters. The van der Waals surface area contributed by atoms with Gasteiger partial charge in [0.2, 0.25) is 5.16 Å². The van der Waals surface area contributed by atoms with E-state index in [0.29, 0.717) is 0 Å². The summed E-state index contributed by atoms with van der Waals surface area (Å²) in [6, 6.07) is 0. The molecule has 0 fully saturated rings. The minimum absolute atomic E-state index is 0.890. The molecule has 0 saturated heterocycles. The summed E-state index contributed by atoms with van der Waals surface area (Å²) in [6.07, 6.45) is 4.21. The van der Waals surface area contributed by atoms with E-state index in [1.807, 2.05) is 7.05 Å². The lowest BCUT2D eigenvalue weighted by Crippen LogP contribution is -1.87. The standard InChI is InChI=1S/C7H13N3S/c1-3-4-5-11-7-8-6-10(2)9-7/h6H,3-5H2,1-2H3. The molecule has 1 heterocycles. The average molecular weight is 171 g/mol. The van der Waals surface area contributed by atoms with E-state index in [1.165, 1.54) is 12.8 Å². The van der Waals surface area contributed by atoms with Crippen LogP contribution in [0, 0.1) is 0 Å². The minimum atomic E-state index is 0.890. The predicted molar refractivity (Wildman–Crippen MR) is 46.6 cm³/mol. The fraction of sp³-hybridized carbons (Fsp3) is 0.714. The Morgan fingerprint density at radius 1 is 1.64 bits per heavy atom. The average Bonchev–Trinajstić information content (AvgIpc) is 2.37. The molecular weight excluding hydrogens is 158 g/mol. The van der Waals surface area contributed by atoms with Crippen molar-refractivity contribution in [3.05, 3.63) is 6.33 Å². The highest BCUT2D eigenvalue weighted by atomic mass is 32.2. The highest BCUT2D eigenvalue weighted by Gasteiger charge is 1.96. The maximum atomic E-state index is 4.15. The topological polar surface area (TPSA) is 30.7 Å². The number of hydrogen-bond acceptors (Lipinski definition) is 3. The van der Waals surface area contributed by atoms with Crippen molar-refractivity contribution in [2.24, 2.45) is 7.05 Å². The van der Waals surface area contributed by atoms with Gasteiger partial charge in [-0.05, 0) is 6.42 Å². The third-order valence-corrected chi connectivity index (χ3v) is 2.25. The van der Waals surface area contributed by atoms with Gasteiger partial charge in [0, 0.05) is 12.8 Å². The summed E-state index contributed by atoms with van der Waals surface area (Å²) in [7, 11) is 1.89. The van der Waals surface area contributed by atoms with Crippen LogP contribution >= 0.6 is 11.8 Å². The van der Waals surface area contributed by atoms with Crippen LogP contribution in [0.1, 0.15) is 19.8 Å². The highest BCUT2D eigenvalue weighted by molar-refractivity contribution is 7.99. The summed E-state index contributed by atoms with van der Waals surface area (Å²) in [4.78, 5) is 4.10. The van der Waals surface area contributed by atoms with Gasteiger partial charge in [0.15, 0.2) is 0 Å². The van der Waals surface area contributed by atoms with Crippen molar-refractivity contribution in [3.63, 3.8) is 0 Å². The van der Waals surface area contributed by atoms with Crippen LogP contribution in [0.25, 0.3) is 0 Å². The lowest BCUT2D eigenvalue weighted by Gasteiger charge is -1.92. The van der Waals surface area contributed by atoms with Crippen LogP contribution in [0.5, 0.6) is 0 Å². The molecule has 0 aliphatic carbocycles.